The van der Waals surface area contributed by atoms with Crippen molar-refractivity contribution in [1.29, 1.82) is 0 Å². The molecule has 0 aliphatic heterocycles. The Kier molecular flexibility index (Phi) is 5.85. The number of nitrogens with two attached hydrogens (primary N) is 1. The molecule has 1 atom stereocenters. The SMILES string of the molecule is CCC(C)CN(C)S(=O)(=O)c1c(N)cc(Br)cc1Br. The molecule has 0 heterocycles. The van der Waals surface area contributed by atoms with Gasteiger partial charge in [0.15, 0.2) is 0 Å². The molecule has 0 amide bonds. The summed E-state index contributed by atoms with van der Waals surface area (Å²) in [5.41, 5.74) is 6.08. The summed E-state index contributed by atoms with van der Waals surface area (Å²) in [7, 11) is -2.00. The molecule has 7 heteroatoms. The Hall–Kier alpha value is -0.110. The Morgan fingerprint density at radius 2 is 1.95 bits per heavy atom. The second-order valence-corrected chi connectivity index (χ2v) is 8.36. The van der Waals surface area contributed by atoms with E-state index in [2.05, 4.69) is 31.9 Å². The van der Waals surface area contributed by atoms with E-state index in [4.69, 9.17) is 5.73 Å². The van der Waals surface area contributed by atoms with E-state index in [0.717, 1.165) is 10.9 Å². The molecule has 2 N–H and O–H groups in total. The van der Waals surface area contributed by atoms with Crippen molar-refractivity contribution in [3.8, 4) is 0 Å². The normalized spacial score (nSPS) is 13.8. The zero-order valence-corrected chi connectivity index (χ0v) is 15.1. The van der Waals surface area contributed by atoms with E-state index in [9.17, 15) is 8.42 Å². The predicted molar refractivity (Wildman–Crippen MR) is 85.5 cm³/mol. The first-order chi connectivity index (χ1) is 8.70. The molecule has 0 aromatic heterocycles. The summed E-state index contributed by atoms with van der Waals surface area (Å²) >= 11 is 6.55. The number of hydrogen-bond acceptors (Lipinski definition) is 3. The maximum atomic E-state index is 12.5. The van der Waals surface area contributed by atoms with Crippen LogP contribution in [0.2, 0.25) is 0 Å². The maximum Gasteiger partial charge on any atom is 0.246 e. The summed E-state index contributed by atoms with van der Waals surface area (Å²) in [6, 6.07) is 3.27. The molecule has 0 saturated carbocycles. The number of benzene rings is 1. The van der Waals surface area contributed by atoms with Crippen molar-refractivity contribution in [2.45, 2.75) is 25.2 Å². The Balaban J connectivity index is 3.21. The van der Waals surface area contributed by atoms with Crippen molar-refractivity contribution < 1.29 is 8.42 Å². The molecule has 1 unspecified atom stereocenters. The minimum Gasteiger partial charge on any atom is -0.398 e. The molecule has 0 fully saturated rings. The van der Waals surface area contributed by atoms with Crippen molar-refractivity contribution in [2.75, 3.05) is 19.3 Å². The van der Waals surface area contributed by atoms with Crippen molar-refractivity contribution >= 4 is 47.6 Å². The standard InChI is InChI=1S/C12H18Br2N2O2S/c1-4-8(2)7-16(3)19(17,18)12-10(14)5-9(13)6-11(12)15/h5-6,8H,4,7,15H2,1-3H3. The summed E-state index contributed by atoms with van der Waals surface area (Å²) in [5.74, 6) is 0.301. The number of hydrogen-bond donors (Lipinski definition) is 1. The van der Waals surface area contributed by atoms with Gasteiger partial charge in [-0.2, -0.15) is 0 Å². The minimum absolute atomic E-state index is 0.126. The number of sulfonamides is 1. The van der Waals surface area contributed by atoms with E-state index < -0.39 is 10.0 Å². The zero-order valence-electron chi connectivity index (χ0n) is 11.2. The Labute approximate surface area is 131 Å². The largest absolute Gasteiger partial charge is 0.398 e. The Morgan fingerprint density at radius 1 is 1.37 bits per heavy atom. The molecular weight excluding hydrogens is 396 g/mol. The third-order valence-electron chi connectivity index (χ3n) is 2.97. The fourth-order valence-electron chi connectivity index (χ4n) is 1.67. The first-order valence-electron chi connectivity index (χ1n) is 5.91. The van der Waals surface area contributed by atoms with Gasteiger partial charge in [0.25, 0.3) is 0 Å². The van der Waals surface area contributed by atoms with E-state index in [0.29, 0.717) is 16.9 Å². The lowest BCUT2D eigenvalue weighted by Crippen LogP contribution is -2.31. The third kappa shape index (κ3) is 3.93. The van der Waals surface area contributed by atoms with E-state index >= 15 is 0 Å². The minimum atomic E-state index is -3.58. The van der Waals surface area contributed by atoms with Crippen molar-refractivity contribution in [3.05, 3.63) is 21.1 Å². The zero-order chi connectivity index (χ0) is 14.8. The molecule has 1 rings (SSSR count). The average molecular weight is 414 g/mol. The lowest BCUT2D eigenvalue weighted by molar-refractivity contribution is 0.393. The van der Waals surface area contributed by atoms with Gasteiger partial charge in [0.1, 0.15) is 4.90 Å². The second-order valence-electron chi connectivity index (χ2n) is 4.60. The topological polar surface area (TPSA) is 63.4 Å². The molecule has 0 aliphatic rings. The lowest BCUT2D eigenvalue weighted by atomic mass is 10.1. The molecule has 4 nitrogen and oxygen atoms in total. The highest BCUT2D eigenvalue weighted by molar-refractivity contribution is 9.11. The van der Waals surface area contributed by atoms with Gasteiger partial charge >= 0.3 is 0 Å². The highest BCUT2D eigenvalue weighted by atomic mass is 79.9. The van der Waals surface area contributed by atoms with Crippen molar-refractivity contribution in [3.63, 3.8) is 0 Å². The maximum absolute atomic E-state index is 12.5. The number of halogens is 2. The number of nitrogen functional groups attached to an aromatic ring is 1. The molecule has 0 bridgehead atoms. The number of nitrogens with zero attached hydrogens (tertiary/aromatic N) is 1. The van der Waals surface area contributed by atoms with Crippen LogP contribution in [0, 0.1) is 5.92 Å². The molecule has 0 spiro atoms. The monoisotopic (exact) mass is 412 g/mol. The van der Waals surface area contributed by atoms with E-state index in [1.54, 1.807) is 19.2 Å². The van der Waals surface area contributed by atoms with Crippen LogP contribution in [0.3, 0.4) is 0 Å². The quantitative estimate of drug-likeness (QED) is 0.751. The molecule has 1 aromatic carbocycles. The summed E-state index contributed by atoms with van der Waals surface area (Å²) in [6.45, 7) is 4.53. The molecule has 19 heavy (non-hydrogen) atoms. The van der Waals surface area contributed by atoms with E-state index in [1.807, 2.05) is 13.8 Å². The summed E-state index contributed by atoms with van der Waals surface area (Å²) < 4.78 is 27.6. The molecule has 0 saturated heterocycles. The Bertz CT molecular complexity index is 538. The fraction of sp³-hybridized carbons (Fsp3) is 0.500. The van der Waals surface area contributed by atoms with Crippen LogP contribution in [-0.2, 0) is 10.0 Å². The first kappa shape index (κ1) is 16.9. The molecule has 0 aliphatic carbocycles. The lowest BCUT2D eigenvalue weighted by Gasteiger charge is -2.22. The van der Waals surface area contributed by atoms with Gasteiger partial charge in [0.2, 0.25) is 10.0 Å². The molecule has 108 valence electrons. The smallest absolute Gasteiger partial charge is 0.246 e. The van der Waals surface area contributed by atoms with Crippen LogP contribution in [-0.4, -0.2) is 26.3 Å². The van der Waals surface area contributed by atoms with Crippen molar-refractivity contribution in [2.24, 2.45) is 5.92 Å². The van der Waals surface area contributed by atoms with Crippen molar-refractivity contribution in [1.82, 2.24) is 4.31 Å². The molecule has 1 aromatic rings. The van der Waals surface area contributed by atoms with Crippen LogP contribution in [0.1, 0.15) is 20.3 Å². The summed E-state index contributed by atoms with van der Waals surface area (Å²) in [6.07, 6.45) is 0.927. The van der Waals surface area contributed by atoms with Gasteiger partial charge < -0.3 is 5.73 Å². The number of rotatable bonds is 5. The highest BCUT2D eigenvalue weighted by Gasteiger charge is 2.27. The Morgan fingerprint density at radius 3 is 2.42 bits per heavy atom. The van der Waals surface area contributed by atoms with Crippen LogP contribution < -0.4 is 5.73 Å². The van der Waals surface area contributed by atoms with Gasteiger partial charge in [-0.05, 0) is 34.0 Å². The molecular formula is C12H18Br2N2O2S. The van der Waals surface area contributed by atoms with Crippen LogP contribution in [0.25, 0.3) is 0 Å². The first-order valence-corrected chi connectivity index (χ1v) is 8.93. The van der Waals surface area contributed by atoms with Gasteiger partial charge in [-0.25, -0.2) is 12.7 Å². The average Bonchev–Trinajstić information content (AvgIpc) is 2.26. The predicted octanol–water partition coefficient (Wildman–Crippen LogP) is 3.46. The van der Waals surface area contributed by atoms with Gasteiger partial charge in [-0.15, -0.1) is 0 Å². The van der Waals surface area contributed by atoms with E-state index in [1.165, 1.54) is 4.31 Å². The summed E-state index contributed by atoms with van der Waals surface area (Å²) in [5, 5.41) is 0. The van der Waals surface area contributed by atoms with Crippen LogP contribution >= 0.6 is 31.9 Å². The fourth-order valence-corrected chi connectivity index (χ4v) is 4.97. The van der Waals surface area contributed by atoms with Crippen LogP contribution in [0.5, 0.6) is 0 Å². The summed E-state index contributed by atoms with van der Waals surface area (Å²) in [4.78, 5) is 0.126. The highest BCUT2D eigenvalue weighted by Crippen LogP contribution is 2.33. The van der Waals surface area contributed by atoms with Gasteiger partial charge in [-0.1, -0.05) is 36.2 Å². The van der Waals surface area contributed by atoms with Crippen LogP contribution in [0.4, 0.5) is 5.69 Å². The number of anilines is 1. The van der Waals surface area contributed by atoms with E-state index in [-0.39, 0.29) is 10.6 Å². The van der Waals surface area contributed by atoms with Gasteiger partial charge in [0, 0.05) is 22.5 Å². The third-order valence-corrected chi connectivity index (χ3v) is 6.26. The van der Waals surface area contributed by atoms with Gasteiger partial charge in [-0.3, -0.25) is 0 Å². The van der Waals surface area contributed by atoms with Crippen LogP contribution in [0.15, 0.2) is 26.0 Å². The molecule has 0 radical (unpaired) electrons. The van der Waals surface area contributed by atoms with Gasteiger partial charge in [0.05, 0.1) is 5.69 Å². The second kappa shape index (κ2) is 6.56.